The first kappa shape index (κ1) is 33.1. The van der Waals surface area contributed by atoms with Crippen LogP contribution in [0.25, 0.3) is 0 Å². The predicted octanol–water partition coefficient (Wildman–Crippen LogP) is 4.84. The third-order valence-electron chi connectivity index (χ3n) is 6.02. The lowest BCUT2D eigenvalue weighted by atomic mass is 9.88. The third-order valence-corrected chi connectivity index (χ3v) is 6.02. The van der Waals surface area contributed by atoms with E-state index in [1.54, 1.807) is 11.8 Å². The molecule has 0 radical (unpaired) electrons. The molecule has 0 saturated carbocycles. The lowest BCUT2D eigenvalue weighted by Gasteiger charge is -2.20. The van der Waals surface area contributed by atoms with Crippen LogP contribution in [-0.4, -0.2) is 60.1 Å². The molecule has 0 aromatic carbocycles. The highest BCUT2D eigenvalue weighted by Crippen LogP contribution is 2.19. The fraction of sp³-hybridized carbons (Fsp3) is 0.821. The molecule has 0 heterocycles. The number of amides is 1. The number of carbonyl (C=O) groups excluding carboxylic acids is 5. The van der Waals surface area contributed by atoms with Crippen LogP contribution < -0.4 is 5.32 Å². The Morgan fingerprint density at radius 2 is 1.03 bits per heavy atom. The fourth-order valence-corrected chi connectivity index (χ4v) is 3.77. The Balaban J connectivity index is 4.23. The summed E-state index contributed by atoms with van der Waals surface area (Å²) in [5.41, 5.74) is -0.292. The van der Waals surface area contributed by atoms with Crippen LogP contribution in [0.2, 0.25) is 0 Å². The molecular weight excluding hydrogens is 444 g/mol. The van der Waals surface area contributed by atoms with Gasteiger partial charge in [0.25, 0.3) is 0 Å². The molecule has 1 amide bonds. The molecule has 0 fully saturated rings. The molecule has 0 bridgehead atoms. The summed E-state index contributed by atoms with van der Waals surface area (Å²) < 4.78 is 0. The van der Waals surface area contributed by atoms with Crippen molar-refractivity contribution in [1.29, 1.82) is 0 Å². The van der Waals surface area contributed by atoms with Gasteiger partial charge in [0, 0.05) is 44.1 Å². The first-order chi connectivity index (χ1) is 16.5. The molecule has 7 nitrogen and oxygen atoms in total. The van der Waals surface area contributed by atoms with Gasteiger partial charge in [-0.25, -0.2) is 0 Å². The topological polar surface area (TPSA) is 101 Å². The molecule has 0 unspecified atom stereocenters. The zero-order valence-corrected chi connectivity index (χ0v) is 23.0. The van der Waals surface area contributed by atoms with Gasteiger partial charge in [0.05, 0.1) is 19.6 Å². The number of ketones is 4. The number of nitrogens with one attached hydrogen (secondary N) is 1. The first-order valence-corrected chi connectivity index (χ1v) is 13.6. The van der Waals surface area contributed by atoms with Crippen molar-refractivity contribution in [3.8, 4) is 0 Å². The van der Waals surface area contributed by atoms with Gasteiger partial charge in [0.2, 0.25) is 5.91 Å². The van der Waals surface area contributed by atoms with E-state index in [-0.39, 0.29) is 54.1 Å². The van der Waals surface area contributed by atoms with Crippen LogP contribution in [0.1, 0.15) is 118 Å². The van der Waals surface area contributed by atoms with E-state index in [0.717, 1.165) is 51.4 Å². The van der Waals surface area contributed by atoms with Crippen LogP contribution in [-0.2, 0) is 24.0 Å². The monoisotopic (exact) mass is 494 g/mol. The summed E-state index contributed by atoms with van der Waals surface area (Å²) in [5.74, 6) is 0.472. The second-order valence-electron chi connectivity index (χ2n) is 10.6. The molecule has 0 atom stereocenters. The Bertz CT molecular complexity index is 667. The molecule has 1 N–H and O–H groups in total. The van der Waals surface area contributed by atoms with Crippen molar-refractivity contribution in [2.24, 2.45) is 5.41 Å². The number of rotatable bonds is 22. The average molecular weight is 495 g/mol. The van der Waals surface area contributed by atoms with E-state index in [0.29, 0.717) is 38.6 Å². The molecular formula is C28H50N2O5. The van der Waals surface area contributed by atoms with Crippen molar-refractivity contribution in [2.45, 2.75) is 118 Å². The Morgan fingerprint density at radius 3 is 1.46 bits per heavy atom. The van der Waals surface area contributed by atoms with E-state index in [4.69, 9.17) is 0 Å². The van der Waals surface area contributed by atoms with Gasteiger partial charge in [-0.3, -0.25) is 28.9 Å². The lowest BCUT2D eigenvalue weighted by molar-refractivity contribution is -0.127. The summed E-state index contributed by atoms with van der Waals surface area (Å²) in [5, 5.41) is 2.78. The number of Topliss-reactive ketones (excluding diaryl/α,β-unsaturated/α-hetero) is 4. The quantitative estimate of drug-likeness (QED) is 0.216. The number of carbonyl (C=O) groups is 5. The Labute approximate surface area is 213 Å². The SMILES string of the molecule is CCNC(=O)CCCCCCC(=O)CN(CC(=O)CC)CC(=O)CCCCCCC(=O)C(C)(C)C. The van der Waals surface area contributed by atoms with Crippen LogP contribution in [0.15, 0.2) is 0 Å². The fourth-order valence-electron chi connectivity index (χ4n) is 3.77. The largest absolute Gasteiger partial charge is 0.356 e. The van der Waals surface area contributed by atoms with Crippen LogP contribution >= 0.6 is 0 Å². The Hall–Kier alpha value is -1.89. The van der Waals surface area contributed by atoms with E-state index in [2.05, 4.69) is 5.32 Å². The summed E-state index contributed by atoms with van der Waals surface area (Å²) in [6, 6.07) is 0. The standard InChI is InChI=1S/C28H50N2O5/c1-6-23(31)20-30(22-25(33)17-13-9-11-15-19-27(35)29-7-2)21-24(32)16-12-8-10-14-18-26(34)28(3,4)5/h6-22H2,1-5H3,(H,29,35). The van der Waals surface area contributed by atoms with E-state index in [1.165, 1.54) is 0 Å². The van der Waals surface area contributed by atoms with Gasteiger partial charge in [-0.15, -0.1) is 0 Å². The van der Waals surface area contributed by atoms with Gasteiger partial charge in [-0.05, 0) is 32.6 Å². The van der Waals surface area contributed by atoms with E-state index >= 15 is 0 Å². The van der Waals surface area contributed by atoms with Gasteiger partial charge in [0.1, 0.15) is 23.1 Å². The minimum absolute atomic E-state index is 0.0273. The molecule has 7 heteroatoms. The minimum Gasteiger partial charge on any atom is -0.356 e. The van der Waals surface area contributed by atoms with Crippen LogP contribution in [0.3, 0.4) is 0 Å². The zero-order valence-electron chi connectivity index (χ0n) is 23.0. The summed E-state index contributed by atoms with van der Waals surface area (Å²) in [7, 11) is 0. The Kier molecular flexibility index (Phi) is 18.3. The van der Waals surface area contributed by atoms with Gasteiger partial charge in [-0.1, -0.05) is 53.4 Å². The zero-order chi connectivity index (χ0) is 26.7. The Morgan fingerprint density at radius 1 is 0.600 bits per heavy atom. The third kappa shape index (κ3) is 19.0. The highest BCUT2D eigenvalue weighted by Gasteiger charge is 2.20. The van der Waals surface area contributed by atoms with Crippen LogP contribution in [0.4, 0.5) is 0 Å². The predicted molar refractivity (Wildman–Crippen MR) is 140 cm³/mol. The van der Waals surface area contributed by atoms with Gasteiger partial charge in [0.15, 0.2) is 0 Å². The average Bonchev–Trinajstić information content (AvgIpc) is 2.77. The molecule has 0 aliphatic rings. The van der Waals surface area contributed by atoms with E-state index in [1.807, 2.05) is 27.7 Å². The van der Waals surface area contributed by atoms with Crippen molar-refractivity contribution in [2.75, 3.05) is 26.2 Å². The molecule has 0 spiro atoms. The van der Waals surface area contributed by atoms with Crippen molar-refractivity contribution in [3.05, 3.63) is 0 Å². The minimum atomic E-state index is -0.292. The van der Waals surface area contributed by atoms with E-state index < -0.39 is 0 Å². The summed E-state index contributed by atoms with van der Waals surface area (Å²) in [6.07, 6.45) is 9.17. The van der Waals surface area contributed by atoms with E-state index in [9.17, 15) is 24.0 Å². The lowest BCUT2D eigenvalue weighted by Crippen LogP contribution is -2.38. The van der Waals surface area contributed by atoms with Crippen LogP contribution in [0, 0.1) is 5.41 Å². The molecule has 0 aliphatic heterocycles. The first-order valence-electron chi connectivity index (χ1n) is 13.6. The van der Waals surface area contributed by atoms with Crippen molar-refractivity contribution in [3.63, 3.8) is 0 Å². The number of hydrogen-bond acceptors (Lipinski definition) is 6. The van der Waals surface area contributed by atoms with Crippen molar-refractivity contribution >= 4 is 29.0 Å². The maximum atomic E-state index is 12.5. The van der Waals surface area contributed by atoms with Gasteiger partial charge in [-0.2, -0.15) is 0 Å². The molecule has 35 heavy (non-hydrogen) atoms. The number of unbranched alkanes of at least 4 members (excludes halogenated alkanes) is 6. The molecule has 0 aromatic heterocycles. The second-order valence-corrected chi connectivity index (χ2v) is 10.6. The maximum Gasteiger partial charge on any atom is 0.219 e. The van der Waals surface area contributed by atoms with Crippen molar-refractivity contribution < 1.29 is 24.0 Å². The summed E-state index contributed by atoms with van der Waals surface area (Å²) in [4.78, 5) is 61.9. The maximum absolute atomic E-state index is 12.5. The highest BCUT2D eigenvalue weighted by atomic mass is 16.2. The van der Waals surface area contributed by atoms with Crippen molar-refractivity contribution in [1.82, 2.24) is 10.2 Å². The van der Waals surface area contributed by atoms with Gasteiger partial charge >= 0.3 is 0 Å². The molecule has 0 aromatic rings. The molecule has 202 valence electrons. The van der Waals surface area contributed by atoms with Gasteiger partial charge < -0.3 is 5.32 Å². The highest BCUT2D eigenvalue weighted by molar-refractivity contribution is 5.86. The smallest absolute Gasteiger partial charge is 0.219 e. The van der Waals surface area contributed by atoms with Crippen LogP contribution in [0.5, 0.6) is 0 Å². The number of nitrogens with zero attached hydrogens (tertiary/aromatic N) is 1. The normalized spacial score (nSPS) is 11.5. The second kappa shape index (κ2) is 19.3. The summed E-state index contributed by atoms with van der Waals surface area (Å²) in [6.45, 7) is 10.5. The summed E-state index contributed by atoms with van der Waals surface area (Å²) >= 11 is 0. The molecule has 0 saturated heterocycles. The molecule has 0 rings (SSSR count). The number of hydrogen-bond donors (Lipinski definition) is 1. The molecule has 0 aliphatic carbocycles.